The lowest BCUT2D eigenvalue weighted by Gasteiger charge is -2.35. The maximum Gasteiger partial charge on any atom is 0.243 e. The van der Waals surface area contributed by atoms with E-state index < -0.39 is 22.5 Å². The predicted molar refractivity (Wildman–Crippen MR) is 110 cm³/mol. The molecule has 146 valence electrons. The minimum Gasteiger partial charge on any atom is -0.325 e. The molecule has 2 N–H and O–H groups in total. The Morgan fingerprint density at radius 1 is 1.25 bits per heavy atom. The van der Waals surface area contributed by atoms with Gasteiger partial charge >= 0.3 is 0 Å². The van der Waals surface area contributed by atoms with Crippen LogP contribution < -0.4 is 10.6 Å². The minimum atomic E-state index is -0.950. The highest BCUT2D eigenvalue weighted by atomic mass is 32.2. The van der Waals surface area contributed by atoms with Crippen LogP contribution in [0.4, 0.5) is 5.69 Å². The summed E-state index contributed by atoms with van der Waals surface area (Å²) in [5, 5.41) is 24.2. The second kappa shape index (κ2) is 8.50. The Morgan fingerprint density at radius 2 is 1.89 bits per heavy atom. The number of rotatable bonds is 5. The zero-order valence-corrected chi connectivity index (χ0v) is 17.5. The highest BCUT2D eigenvalue weighted by Gasteiger charge is 2.45. The molecule has 0 aliphatic carbocycles. The van der Waals surface area contributed by atoms with Gasteiger partial charge in [-0.05, 0) is 24.5 Å². The van der Waals surface area contributed by atoms with E-state index in [4.69, 9.17) is 0 Å². The van der Waals surface area contributed by atoms with Crippen LogP contribution in [-0.4, -0.2) is 17.1 Å². The lowest BCUT2D eigenvalue weighted by atomic mass is 9.72. The maximum atomic E-state index is 12.7. The number of para-hydroxylation sites is 1. The van der Waals surface area contributed by atoms with Crippen molar-refractivity contribution in [2.75, 3.05) is 5.32 Å². The summed E-state index contributed by atoms with van der Waals surface area (Å²) in [4.78, 5) is 25.0. The monoisotopic (exact) mass is 396 g/mol. The summed E-state index contributed by atoms with van der Waals surface area (Å²) in [6.45, 7) is 9.22. The minimum absolute atomic E-state index is 0.225. The molecule has 1 aromatic rings. The fraction of sp³-hybridized carbons (Fsp3) is 0.429. The average molecular weight is 397 g/mol. The van der Waals surface area contributed by atoms with Crippen molar-refractivity contribution in [2.45, 2.75) is 45.8 Å². The molecule has 1 aromatic carbocycles. The molecule has 2 rings (SSSR count). The Bertz CT molecular complexity index is 906. The molecule has 0 aromatic heterocycles. The van der Waals surface area contributed by atoms with Crippen LogP contribution >= 0.6 is 11.8 Å². The van der Waals surface area contributed by atoms with Crippen molar-refractivity contribution >= 4 is 29.3 Å². The summed E-state index contributed by atoms with van der Waals surface area (Å²) in [5.41, 5.74) is 1.18. The number of allylic oxidation sites excluding steroid dienone is 1. The number of carbonyl (C=O) groups is 2. The first-order chi connectivity index (χ1) is 13.1. The Kier molecular flexibility index (Phi) is 6.53. The van der Waals surface area contributed by atoms with Crippen LogP contribution in [0, 0.1) is 34.0 Å². The summed E-state index contributed by atoms with van der Waals surface area (Å²) in [7, 11) is 0. The quantitative estimate of drug-likeness (QED) is 0.785. The second-order valence-electron chi connectivity index (χ2n) is 7.58. The van der Waals surface area contributed by atoms with Gasteiger partial charge in [0, 0.05) is 11.1 Å². The first-order valence-electron chi connectivity index (χ1n) is 9.05. The SMILES string of the molecule is CC(C)c1ccccc1NC(=O)[C@@H](C)SC1=C(C#N)C(C)(C)[C@H](C#N)C(=O)N1. The van der Waals surface area contributed by atoms with Gasteiger partial charge in [-0.3, -0.25) is 9.59 Å². The lowest BCUT2D eigenvalue weighted by molar-refractivity contribution is -0.125. The number of nitriles is 2. The number of carbonyl (C=O) groups excluding carboxylic acids is 2. The molecule has 0 saturated carbocycles. The molecule has 2 amide bonds. The van der Waals surface area contributed by atoms with Crippen LogP contribution in [0.15, 0.2) is 34.9 Å². The molecule has 0 bridgehead atoms. The number of benzene rings is 1. The zero-order valence-electron chi connectivity index (χ0n) is 16.7. The number of hydrogen-bond acceptors (Lipinski definition) is 5. The summed E-state index contributed by atoms with van der Waals surface area (Å²) >= 11 is 1.12. The van der Waals surface area contributed by atoms with Crippen LogP contribution in [0.1, 0.15) is 46.1 Å². The number of amides is 2. The van der Waals surface area contributed by atoms with E-state index in [2.05, 4.69) is 30.6 Å². The smallest absolute Gasteiger partial charge is 0.243 e. The zero-order chi connectivity index (χ0) is 21.1. The molecule has 0 fully saturated rings. The molecular weight excluding hydrogens is 372 g/mol. The third-order valence-electron chi connectivity index (χ3n) is 4.84. The van der Waals surface area contributed by atoms with Gasteiger partial charge in [-0.2, -0.15) is 10.5 Å². The van der Waals surface area contributed by atoms with Crippen molar-refractivity contribution in [1.29, 1.82) is 10.5 Å². The van der Waals surface area contributed by atoms with Crippen molar-refractivity contribution in [3.8, 4) is 12.1 Å². The van der Waals surface area contributed by atoms with Gasteiger partial charge in [-0.15, -0.1) is 0 Å². The van der Waals surface area contributed by atoms with Crippen molar-refractivity contribution in [1.82, 2.24) is 5.32 Å². The van der Waals surface area contributed by atoms with E-state index in [9.17, 15) is 20.1 Å². The molecule has 0 saturated heterocycles. The summed E-state index contributed by atoms with van der Waals surface area (Å²) in [6, 6.07) is 11.7. The highest BCUT2D eigenvalue weighted by Crippen LogP contribution is 2.42. The number of anilines is 1. The molecular formula is C21H24N4O2S. The molecule has 1 aliphatic heterocycles. The Morgan fingerprint density at radius 3 is 2.46 bits per heavy atom. The topological polar surface area (TPSA) is 106 Å². The van der Waals surface area contributed by atoms with Gasteiger partial charge in [0.2, 0.25) is 11.8 Å². The first-order valence-corrected chi connectivity index (χ1v) is 9.93. The first kappa shape index (κ1) is 21.5. The van der Waals surface area contributed by atoms with Crippen LogP contribution in [0.2, 0.25) is 0 Å². The standard InChI is InChI=1S/C21H24N4O2S/c1-12(2)14-8-6-7-9-17(14)24-18(26)13(3)28-20-16(11-23)21(4,5)15(10-22)19(27)25-20/h6-9,12-13,15H,1-5H3,(H,24,26)(H,25,27)/t13-,15-/m1/s1. The Balaban J connectivity index is 2.24. The van der Waals surface area contributed by atoms with Gasteiger partial charge in [0.05, 0.1) is 28.0 Å². The summed E-state index contributed by atoms with van der Waals surface area (Å²) in [5.74, 6) is -1.37. The predicted octanol–water partition coefficient (Wildman–Crippen LogP) is 3.90. The van der Waals surface area contributed by atoms with Crippen LogP contribution in [0.25, 0.3) is 0 Å². The maximum absolute atomic E-state index is 12.7. The number of nitrogens with one attached hydrogen (secondary N) is 2. The van der Waals surface area contributed by atoms with Gasteiger partial charge in [-0.1, -0.05) is 57.7 Å². The van der Waals surface area contributed by atoms with E-state index in [0.717, 1.165) is 23.0 Å². The molecule has 2 atom stereocenters. The van der Waals surface area contributed by atoms with E-state index >= 15 is 0 Å². The van der Waals surface area contributed by atoms with E-state index in [1.54, 1.807) is 20.8 Å². The largest absolute Gasteiger partial charge is 0.325 e. The summed E-state index contributed by atoms with van der Waals surface area (Å²) < 4.78 is 0. The van der Waals surface area contributed by atoms with Crippen LogP contribution in [0.5, 0.6) is 0 Å². The average Bonchev–Trinajstić information content (AvgIpc) is 2.61. The lowest BCUT2D eigenvalue weighted by Crippen LogP contribution is -2.45. The molecule has 6 nitrogen and oxygen atoms in total. The third kappa shape index (κ3) is 4.21. The molecule has 0 radical (unpaired) electrons. The van der Waals surface area contributed by atoms with Crippen molar-refractivity contribution in [3.05, 3.63) is 40.4 Å². The van der Waals surface area contributed by atoms with Gasteiger partial charge in [-0.25, -0.2) is 0 Å². The van der Waals surface area contributed by atoms with E-state index in [1.807, 2.05) is 30.3 Å². The Hall–Kier alpha value is -2.77. The highest BCUT2D eigenvalue weighted by molar-refractivity contribution is 8.04. The molecule has 7 heteroatoms. The van der Waals surface area contributed by atoms with Crippen LogP contribution in [0.3, 0.4) is 0 Å². The van der Waals surface area contributed by atoms with Gasteiger partial charge in [0.1, 0.15) is 5.92 Å². The molecule has 1 aliphatic rings. The number of hydrogen-bond donors (Lipinski definition) is 2. The summed E-state index contributed by atoms with van der Waals surface area (Å²) in [6.07, 6.45) is 0. The molecule has 0 unspecified atom stereocenters. The van der Waals surface area contributed by atoms with E-state index in [0.29, 0.717) is 10.6 Å². The number of thioether (sulfide) groups is 1. The van der Waals surface area contributed by atoms with Gasteiger partial charge in [0.25, 0.3) is 0 Å². The fourth-order valence-electron chi connectivity index (χ4n) is 3.09. The van der Waals surface area contributed by atoms with E-state index in [-0.39, 0.29) is 11.8 Å². The van der Waals surface area contributed by atoms with E-state index in [1.165, 1.54) is 0 Å². The molecule has 1 heterocycles. The van der Waals surface area contributed by atoms with Crippen molar-refractivity contribution in [3.63, 3.8) is 0 Å². The van der Waals surface area contributed by atoms with Crippen LogP contribution in [-0.2, 0) is 9.59 Å². The van der Waals surface area contributed by atoms with Gasteiger partial charge < -0.3 is 10.6 Å². The second-order valence-corrected chi connectivity index (χ2v) is 8.93. The van der Waals surface area contributed by atoms with Crippen molar-refractivity contribution < 1.29 is 9.59 Å². The molecule has 0 spiro atoms. The fourth-order valence-corrected chi connectivity index (χ4v) is 4.20. The number of nitrogens with zero attached hydrogens (tertiary/aromatic N) is 2. The molecule has 28 heavy (non-hydrogen) atoms. The van der Waals surface area contributed by atoms with Gasteiger partial charge in [0.15, 0.2) is 0 Å². The third-order valence-corrected chi connectivity index (χ3v) is 5.95. The van der Waals surface area contributed by atoms with Crippen molar-refractivity contribution in [2.24, 2.45) is 11.3 Å². The Labute approximate surface area is 170 Å². The normalized spacial score (nSPS) is 19.4.